The molecule has 20 atom stereocenters. The maximum atomic E-state index is 11.7. The molecule has 0 aromatic rings. The van der Waals surface area contributed by atoms with Crippen LogP contribution in [-0.4, -0.2) is 137 Å². The van der Waals surface area contributed by atoms with Crippen LogP contribution in [0.3, 0.4) is 0 Å². The van der Waals surface area contributed by atoms with E-state index in [4.69, 9.17) is 70.4 Å². The summed E-state index contributed by atoms with van der Waals surface area (Å²) >= 11 is 5.74. The SMILES string of the molecule is CC(=O)OCC1O[C@@H](SC(=N)N)C(C)[C@@H](N=[N+]=[N-])[C@H]1C.CC(=O)OCC1O[C@@H](S[C@@H]2OC(COC(C)=O)[C@H](C)[C@H](N=[N+]=[N-])C2C)C(C)C(N=[N+]=[N-])[C@H]1OC(C)=O.CC(=O)OCC1O[C@H](Br)C(C)[C@@H](N=[N+]=[N-])[C@H]1C.[Br-]. The van der Waals surface area contributed by atoms with Crippen molar-refractivity contribution < 1.29 is 83.6 Å². The molecule has 4 aliphatic rings. The number of amidine groups is 1. The first-order valence-electron chi connectivity index (χ1n) is 23.1. The van der Waals surface area contributed by atoms with Gasteiger partial charge in [-0.25, -0.2) is 0 Å². The molecule has 4 aliphatic heterocycles. The molecular formula is C42H67Br2N14O14S2-. The lowest BCUT2D eigenvalue weighted by molar-refractivity contribution is -0.183. The molecule has 0 aliphatic carbocycles. The molecule has 0 saturated carbocycles. The molecule has 416 valence electrons. The second kappa shape index (κ2) is 33.6. The van der Waals surface area contributed by atoms with Gasteiger partial charge in [0.15, 0.2) is 5.17 Å². The summed E-state index contributed by atoms with van der Waals surface area (Å²) in [6, 6.07) is -1.72. The first kappa shape index (κ1) is 67.6. The first-order chi connectivity index (χ1) is 34.3. The van der Waals surface area contributed by atoms with Gasteiger partial charge in [0.25, 0.3) is 0 Å². The van der Waals surface area contributed by atoms with E-state index < -0.39 is 76.5 Å². The number of hydrogen-bond acceptors (Lipinski definition) is 21. The van der Waals surface area contributed by atoms with Gasteiger partial charge in [0, 0.05) is 96.1 Å². The number of carbonyl (C=O) groups excluding carboxylic acids is 5. The highest BCUT2D eigenvalue weighted by molar-refractivity contribution is 9.09. The number of carbonyl (C=O) groups is 5. The minimum atomic E-state index is -0.970. The van der Waals surface area contributed by atoms with Crippen molar-refractivity contribution in [2.45, 2.75) is 159 Å². The molecule has 0 amide bonds. The number of hydrogen-bond donors (Lipinski definition) is 2. The minimum Gasteiger partial charge on any atom is -1.00 e. The van der Waals surface area contributed by atoms with Gasteiger partial charge in [-0.05, 0) is 39.9 Å². The van der Waals surface area contributed by atoms with Crippen molar-refractivity contribution in [1.82, 2.24) is 0 Å². The maximum Gasteiger partial charge on any atom is 0.303 e. The third kappa shape index (κ3) is 20.9. The summed E-state index contributed by atoms with van der Waals surface area (Å²) in [5, 5.41) is 22.5. The van der Waals surface area contributed by atoms with Crippen LogP contribution in [0.2, 0.25) is 0 Å². The van der Waals surface area contributed by atoms with Gasteiger partial charge in [-0.1, -0.05) is 108 Å². The van der Waals surface area contributed by atoms with Crippen LogP contribution in [0.5, 0.6) is 0 Å². The van der Waals surface area contributed by atoms with E-state index in [1.54, 1.807) is 6.92 Å². The molecule has 9 unspecified atom stereocenters. The first-order valence-corrected chi connectivity index (χ1v) is 25.9. The standard InChI is InChI=1S/C21H32N6O8S.C11H19N5O3S.C10H16BrN3O3.BrH/c1-9-15(7-31-12(4)28)34-20(10(2)17(9)24-26-22)36-21-11(3)18(25-27-23)19(33-14(6)30)16(35-21)8-32-13(5)29;1-5-8(4-18-7(3)17)19-10(20-11(12)13)6(2)9(5)15-16-14;1-5-8(4-16-7(3)15)17-10(11)6(2)9(5)13-14-12;/h9-11,15-21H,7-8H2,1-6H3;5-6,8-10H,4H2,1-3H3,(H3,12,13);5-6,8-10H,4H2,1-3H3;1H/p-1/t9-,10?,11?,15?,16?,17-,18?,19-,20-,21-;2*5-,6?,8?,9-,10-;/m000./s1. The van der Waals surface area contributed by atoms with E-state index in [2.05, 4.69) is 56.0 Å². The Morgan fingerprint density at radius 2 is 0.824 bits per heavy atom. The summed E-state index contributed by atoms with van der Waals surface area (Å²) in [5.74, 6) is -3.36. The number of nitrogens with one attached hydrogen (secondary N) is 1. The molecule has 0 radical (unpaired) electrons. The lowest BCUT2D eigenvalue weighted by Gasteiger charge is -2.47. The molecule has 4 rings (SSSR count). The Morgan fingerprint density at radius 1 is 0.514 bits per heavy atom. The molecule has 32 heteroatoms. The Labute approximate surface area is 456 Å². The molecular weight excluding hydrogens is 1150 g/mol. The molecule has 74 heavy (non-hydrogen) atoms. The fourth-order valence-electron chi connectivity index (χ4n) is 8.47. The van der Waals surface area contributed by atoms with Crippen molar-refractivity contribution in [3.8, 4) is 0 Å². The van der Waals surface area contributed by atoms with E-state index in [0.29, 0.717) is 0 Å². The number of halogens is 2. The normalized spacial score (nSPS) is 34.9. The number of esters is 5. The van der Waals surface area contributed by atoms with Crippen LogP contribution in [0.4, 0.5) is 0 Å². The summed E-state index contributed by atoms with van der Waals surface area (Å²) < 4.78 is 49.6. The topological polar surface area (TPSA) is 413 Å². The quantitative estimate of drug-likeness (QED) is 0.0301. The van der Waals surface area contributed by atoms with Crippen LogP contribution in [0.25, 0.3) is 41.8 Å². The van der Waals surface area contributed by atoms with Crippen molar-refractivity contribution in [2.75, 3.05) is 26.4 Å². The maximum absolute atomic E-state index is 11.7. The number of thioether (sulfide) groups is 2. The summed E-state index contributed by atoms with van der Waals surface area (Å²) in [5.41, 5.74) is 39.3. The van der Waals surface area contributed by atoms with Crippen molar-refractivity contribution in [2.24, 2.45) is 67.6 Å². The van der Waals surface area contributed by atoms with Gasteiger partial charge >= 0.3 is 29.8 Å². The van der Waals surface area contributed by atoms with E-state index in [9.17, 15) is 29.5 Å². The van der Waals surface area contributed by atoms with E-state index in [1.165, 1.54) is 46.4 Å². The molecule has 4 heterocycles. The van der Waals surface area contributed by atoms with E-state index in [0.717, 1.165) is 11.8 Å². The molecule has 0 bridgehead atoms. The summed E-state index contributed by atoms with van der Waals surface area (Å²) in [4.78, 5) is 67.9. The zero-order valence-electron chi connectivity index (χ0n) is 43.1. The van der Waals surface area contributed by atoms with Crippen LogP contribution < -0.4 is 22.7 Å². The van der Waals surface area contributed by atoms with Crippen LogP contribution >= 0.6 is 39.5 Å². The number of nitrogens with two attached hydrogens (primary N) is 1. The second-order valence-corrected chi connectivity index (χ2v) is 21.1. The lowest BCUT2D eigenvalue weighted by atomic mass is 9.85. The zero-order valence-corrected chi connectivity index (χ0v) is 47.9. The number of rotatable bonds is 16. The molecule has 0 aromatic carbocycles. The van der Waals surface area contributed by atoms with Gasteiger partial charge in [-0.15, -0.1) is 0 Å². The molecule has 4 fully saturated rings. The fourth-order valence-corrected chi connectivity index (χ4v) is 11.4. The average molecular weight is 1220 g/mol. The summed E-state index contributed by atoms with van der Waals surface area (Å²) in [7, 11) is 0. The van der Waals surface area contributed by atoms with Crippen molar-refractivity contribution >= 4 is 74.5 Å². The van der Waals surface area contributed by atoms with Crippen molar-refractivity contribution in [1.29, 1.82) is 5.41 Å². The molecule has 0 aromatic heterocycles. The van der Waals surface area contributed by atoms with Gasteiger partial charge < -0.3 is 65.3 Å². The van der Waals surface area contributed by atoms with Crippen LogP contribution in [0, 0.1) is 46.8 Å². The molecule has 0 spiro atoms. The predicted molar refractivity (Wildman–Crippen MR) is 269 cm³/mol. The Kier molecular flexibility index (Phi) is 30.6. The van der Waals surface area contributed by atoms with E-state index in [-0.39, 0.29) is 119 Å². The van der Waals surface area contributed by atoms with Gasteiger partial charge in [-0.2, -0.15) is 0 Å². The number of alkyl halides is 1. The van der Waals surface area contributed by atoms with Gasteiger partial charge in [-0.3, -0.25) is 29.4 Å². The lowest BCUT2D eigenvalue weighted by Crippen LogP contribution is -3.00. The molecule has 3 N–H and O–H groups in total. The number of nitrogens with zero attached hydrogens (tertiary/aromatic N) is 12. The van der Waals surface area contributed by atoms with Crippen molar-refractivity contribution in [3.05, 3.63) is 41.8 Å². The number of ether oxygens (including phenoxy) is 9. The van der Waals surface area contributed by atoms with Crippen molar-refractivity contribution in [3.63, 3.8) is 0 Å². The predicted octanol–water partition coefficient (Wildman–Crippen LogP) is 4.97. The summed E-state index contributed by atoms with van der Waals surface area (Å²) in [6.07, 6.45) is -3.04. The third-order valence-electron chi connectivity index (χ3n) is 12.5. The molecule has 28 nitrogen and oxygen atoms in total. The second-order valence-electron chi connectivity index (χ2n) is 17.9. The van der Waals surface area contributed by atoms with Gasteiger partial charge in [0.05, 0.1) is 24.4 Å². The Balaban J connectivity index is 0.000000608. The highest BCUT2D eigenvalue weighted by Crippen LogP contribution is 2.45. The van der Waals surface area contributed by atoms with Gasteiger partial charge in [0.1, 0.15) is 60.0 Å². The van der Waals surface area contributed by atoms with Crippen LogP contribution in [-0.2, 0) is 66.6 Å². The van der Waals surface area contributed by atoms with E-state index >= 15 is 0 Å². The van der Waals surface area contributed by atoms with E-state index in [1.807, 2.05) is 41.5 Å². The monoisotopic (exact) mass is 1210 g/mol. The van der Waals surface area contributed by atoms with Crippen LogP contribution in [0.15, 0.2) is 20.5 Å². The van der Waals surface area contributed by atoms with Crippen LogP contribution in [0.1, 0.15) is 83.1 Å². The fraction of sp³-hybridized carbons (Fsp3) is 0.857. The Bertz CT molecular complexity index is 2110. The Hall–Kier alpha value is -4.44. The highest BCUT2D eigenvalue weighted by Gasteiger charge is 2.50. The molecule has 4 saturated heterocycles. The smallest absolute Gasteiger partial charge is 0.303 e. The summed E-state index contributed by atoms with van der Waals surface area (Å²) in [6.45, 7) is 19.7. The highest BCUT2D eigenvalue weighted by atomic mass is 79.9. The Morgan fingerprint density at radius 3 is 1.19 bits per heavy atom. The number of azide groups is 4. The third-order valence-corrected chi connectivity index (χ3v) is 16.2. The largest absolute Gasteiger partial charge is 1.00 e. The minimum absolute atomic E-state index is 0. The zero-order chi connectivity index (χ0) is 55.3. The van der Waals surface area contributed by atoms with Gasteiger partial charge in [0.2, 0.25) is 0 Å². The average Bonchev–Trinajstić information content (AvgIpc) is 3.31.